The molecular weight excluding hydrogens is 330 g/mol. The Labute approximate surface area is 145 Å². The molecule has 2 aromatic carbocycles. The van der Waals surface area contributed by atoms with E-state index in [-0.39, 0.29) is 11.7 Å². The number of halogens is 1. The molecule has 2 aromatic rings. The average Bonchev–Trinajstić information content (AvgIpc) is 2.58. The van der Waals surface area contributed by atoms with Crippen LogP contribution in [0.15, 0.2) is 47.6 Å². The summed E-state index contributed by atoms with van der Waals surface area (Å²) in [6.45, 7) is 1.73. The second-order valence-corrected chi connectivity index (χ2v) is 5.47. The van der Waals surface area contributed by atoms with Crippen LogP contribution in [0.25, 0.3) is 0 Å². The smallest absolute Gasteiger partial charge is 0.262 e. The summed E-state index contributed by atoms with van der Waals surface area (Å²) in [5, 5.41) is 17.1. The highest BCUT2D eigenvalue weighted by Crippen LogP contribution is 2.25. The number of rotatable bonds is 6. The zero-order valence-electron chi connectivity index (χ0n) is 13.3. The Morgan fingerprint density at radius 2 is 2.00 bits per heavy atom. The highest BCUT2D eigenvalue weighted by molar-refractivity contribution is 6.30. The lowest BCUT2D eigenvalue weighted by Crippen LogP contribution is -2.34. The Morgan fingerprint density at radius 3 is 2.67 bits per heavy atom. The summed E-state index contributed by atoms with van der Waals surface area (Å²) in [6, 6.07) is 11.3. The summed E-state index contributed by atoms with van der Waals surface area (Å²) in [6.07, 6.45) is 1.47. The third kappa shape index (κ3) is 4.89. The van der Waals surface area contributed by atoms with Gasteiger partial charge in [-0.2, -0.15) is 5.10 Å². The number of anilines is 1. The molecule has 1 atom stereocenters. The van der Waals surface area contributed by atoms with Crippen LogP contribution in [0, 0.1) is 0 Å². The molecule has 0 aliphatic carbocycles. The van der Waals surface area contributed by atoms with Crippen molar-refractivity contribution in [2.24, 2.45) is 5.10 Å². The van der Waals surface area contributed by atoms with Gasteiger partial charge in [-0.1, -0.05) is 11.6 Å². The second-order valence-electron chi connectivity index (χ2n) is 5.04. The molecular formula is C17H18ClN3O3. The maximum absolute atomic E-state index is 12.0. The first-order valence-corrected chi connectivity index (χ1v) is 7.59. The number of nitrogens with zero attached hydrogens (tertiary/aromatic N) is 1. The molecule has 126 valence electrons. The van der Waals surface area contributed by atoms with E-state index >= 15 is 0 Å². The predicted octanol–water partition coefficient (Wildman–Crippen LogP) is 3.00. The van der Waals surface area contributed by atoms with Gasteiger partial charge in [0.15, 0.2) is 11.5 Å². The number of aromatic hydroxyl groups is 1. The van der Waals surface area contributed by atoms with Gasteiger partial charge in [0.25, 0.3) is 5.91 Å². The van der Waals surface area contributed by atoms with Crippen molar-refractivity contribution in [3.63, 3.8) is 0 Å². The van der Waals surface area contributed by atoms with E-state index in [9.17, 15) is 9.90 Å². The lowest BCUT2D eigenvalue weighted by atomic mass is 10.2. The number of hydrogen-bond acceptors (Lipinski definition) is 5. The van der Waals surface area contributed by atoms with E-state index in [0.29, 0.717) is 16.3 Å². The summed E-state index contributed by atoms with van der Waals surface area (Å²) in [4.78, 5) is 12.0. The minimum absolute atomic E-state index is 0.0412. The number of methoxy groups -OCH3 is 1. The monoisotopic (exact) mass is 347 g/mol. The van der Waals surface area contributed by atoms with E-state index in [1.165, 1.54) is 19.4 Å². The van der Waals surface area contributed by atoms with Gasteiger partial charge in [-0.3, -0.25) is 4.79 Å². The molecule has 0 fully saturated rings. The fourth-order valence-corrected chi connectivity index (χ4v) is 2.03. The van der Waals surface area contributed by atoms with E-state index in [1.807, 2.05) is 0 Å². The number of benzene rings is 2. The molecule has 0 spiro atoms. The van der Waals surface area contributed by atoms with Crippen molar-refractivity contribution < 1.29 is 14.6 Å². The first-order valence-electron chi connectivity index (χ1n) is 7.21. The number of ether oxygens (including phenoxy) is 1. The first-order chi connectivity index (χ1) is 11.5. The fourth-order valence-electron chi connectivity index (χ4n) is 1.90. The molecule has 7 heteroatoms. The van der Waals surface area contributed by atoms with E-state index in [2.05, 4.69) is 15.8 Å². The normalized spacial score (nSPS) is 12.0. The van der Waals surface area contributed by atoms with E-state index in [4.69, 9.17) is 16.3 Å². The molecule has 0 heterocycles. The molecule has 24 heavy (non-hydrogen) atoms. The van der Waals surface area contributed by atoms with Crippen LogP contribution in [0.4, 0.5) is 5.69 Å². The molecule has 0 aliphatic rings. The van der Waals surface area contributed by atoms with Crippen molar-refractivity contribution in [3.8, 4) is 11.5 Å². The SMILES string of the molecule is COc1cc(/C=N\NC(=O)[C@@H](C)Nc2ccc(Cl)cc2)ccc1O. The van der Waals surface area contributed by atoms with E-state index < -0.39 is 6.04 Å². The first kappa shape index (κ1) is 17.6. The van der Waals surface area contributed by atoms with Gasteiger partial charge in [-0.25, -0.2) is 5.43 Å². The summed E-state index contributed by atoms with van der Waals surface area (Å²) < 4.78 is 5.01. The number of hydrazone groups is 1. The molecule has 0 radical (unpaired) electrons. The molecule has 3 N–H and O–H groups in total. The second kappa shape index (κ2) is 8.21. The van der Waals surface area contributed by atoms with Crippen LogP contribution in [0.5, 0.6) is 11.5 Å². The summed E-state index contributed by atoms with van der Waals surface area (Å²) >= 11 is 5.82. The Hall–Kier alpha value is -2.73. The Kier molecular flexibility index (Phi) is 6.03. The van der Waals surface area contributed by atoms with Gasteiger partial charge in [-0.15, -0.1) is 0 Å². The van der Waals surface area contributed by atoms with Crippen LogP contribution in [0.3, 0.4) is 0 Å². The van der Waals surface area contributed by atoms with Crippen LogP contribution < -0.4 is 15.5 Å². The topological polar surface area (TPSA) is 83.0 Å². The molecule has 0 unspecified atom stereocenters. The number of phenols is 1. The third-order valence-corrected chi connectivity index (χ3v) is 3.46. The number of phenolic OH excluding ortho intramolecular Hbond substituents is 1. The quantitative estimate of drug-likeness (QED) is 0.554. The number of nitrogens with one attached hydrogen (secondary N) is 2. The van der Waals surface area contributed by atoms with Gasteiger partial charge in [0, 0.05) is 10.7 Å². The van der Waals surface area contributed by atoms with Crippen molar-refractivity contribution in [3.05, 3.63) is 53.1 Å². The summed E-state index contributed by atoms with van der Waals surface area (Å²) in [5.74, 6) is 0.0921. The van der Waals surface area contributed by atoms with Crippen LogP contribution in [0.1, 0.15) is 12.5 Å². The van der Waals surface area contributed by atoms with Gasteiger partial charge in [-0.05, 0) is 55.0 Å². The number of carbonyl (C=O) groups is 1. The van der Waals surface area contributed by atoms with Gasteiger partial charge in [0.1, 0.15) is 6.04 Å². The van der Waals surface area contributed by atoms with Crippen LogP contribution in [-0.4, -0.2) is 30.4 Å². The van der Waals surface area contributed by atoms with Crippen molar-refractivity contribution in [2.45, 2.75) is 13.0 Å². The van der Waals surface area contributed by atoms with Crippen molar-refractivity contribution in [2.75, 3.05) is 12.4 Å². The zero-order valence-corrected chi connectivity index (χ0v) is 14.0. The van der Waals surface area contributed by atoms with Gasteiger partial charge >= 0.3 is 0 Å². The van der Waals surface area contributed by atoms with Crippen molar-refractivity contribution >= 4 is 29.4 Å². The molecule has 0 saturated carbocycles. The van der Waals surface area contributed by atoms with Gasteiger partial charge < -0.3 is 15.2 Å². The Bertz CT molecular complexity index is 732. The Morgan fingerprint density at radius 1 is 1.29 bits per heavy atom. The predicted molar refractivity (Wildman–Crippen MR) is 94.9 cm³/mol. The van der Waals surface area contributed by atoms with Crippen LogP contribution in [0.2, 0.25) is 5.02 Å². The van der Waals surface area contributed by atoms with Gasteiger partial charge in [0.2, 0.25) is 0 Å². The van der Waals surface area contributed by atoms with Gasteiger partial charge in [0.05, 0.1) is 13.3 Å². The molecule has 6 nitrogen and oxygen atoms in total. The minimum atomic E-state index is -0.474. The average molecular weight is 348 g/mol. The summed E-state index contributed by atoms with van der Waals surface area (Å²) in [5.41, 5.74) is 3.92. The molecule has 0 aromatic heterocycles. The number of carbonyl (C=O) groups excluding carboxylic acids is 1. The van der Waals surface area contributed by atoms with E-state index in [1.54, 1.807) is 43.3 Å². The molecule has 2 rings (SSSR count). The number of amides is 1. The maximum atomic E-state index is 12.0. The lowest BCUT2D eigenvalue weighted by Gasteiger charge is -2.13. The highest BCUT2D eigenvalue weighted by Gasteiger charge is 2.11. The van der Waals surface area contributed by atoms with E-state index in [0.717, 1.165) is 5.69 Å². The standard InChI is InChI=1S/C17H18ClN3O3/c1-11(20-14-6-4-13(18)5-7-14)17(23)21-19-10-12-3-8-15(22)16(9-12)24-2/h3-11,20,22H,1-2H3,(H,21,23)/b19-10-/t11-/m1/s1. The van der Waals surface area contributed by atoms with Crippen molar-refractivity contribution in [1.82, 2.24) is 5.43 Å². The maximum Gasteiger partial charge on any atom is 0.262 e. The summed E-state index contributed by atoms with van der Waals surface area (Å²) in [7, 11) is 1.46. The number of hydrogen-bond donors (Lipinski definition) is 3. The highest BCUT2D eigenvalue weighted by atomic mass is 35.5. The lowest BCUT2D eigenvalue weighted by molar-refractivity contribution is -0.121. The molecule has 0 aliphatic heterocycles. The molecule has 1 amide bonds. The van der Waals surface area contributed by atoms with Crippen LogP contribution in [-0.2, 0) is 4.79 Å². The minimum Gasteiger partial charge on any atom is -0.504 e. The largest absolute Gasteiger partial charge is 0.504 e. The van der Waals surface area contributed by atoms with Crippen molar-refractivity contribution in [1.29, 1.82) is 0 Å². The third-order valence-electron chi connectivity index (χ3n) is 3.21. The zero-order chi connectivity index (χ0) is 17.5. The fraction of sp³-hybridized carbons (Fsp3) is 0.176. The Balaban J connectivity index is 1.90. The van der Waals surface area contributed by atoms with Crippen LogP contribution >= 0.6 is 11.6 Å². The molecule has 0 bridgehead atoms. The molecule has 0 saturated heterocycles.